The van der Waals surface area contributed by atoms with E-state index in [-0.39, 0.29) is 11.8 Å². The lowest BCUT2D eigenvalue weighted by molar-refractivity contribution is -0.114. The molecule has 0 aliphatic carbocycles. The third-order valence-corrected chi connectivity index (χ3v) is 4.49. The third kappa shape index (κ3) is 3.04. The molecule has 1 aliphatic rings. The van der Waals surface area contributed by atoms with Gasteiger partial charge >= 0.3 is 0 Å². The van der Waals surface area contributed by atoms with Crippen LogP contribution in [0.15, 0.2) is 48.5 Å². The number of benzene rings is 2. The molecule has 124 valence electrons. The zero-order valence-corrected chi connectivity index (χ0v) is 14.2. The van der Waals surface area contributed by atoms with Gasteiger partial charge in [0.25, 0.3) is 5.91 Å². The Morgan fingerprint density at radius 1 is 1.12 bits per heavy atom. The Morgan fingerprint density at radius 2 is 1.88 bits per heavy atom. The van der Waals surface area contributed by atoms with Crippen LogP contribution in [0.25, 0.3) is 0 Å². The van der Waals surface area contributed by atoms with Crippen molar-refractivity contribution in [2.75, 3.05) is 16.8 Å². The molecule has 1 unspecified atom stereocenters. The molecule has 3 rings (SSSR count). The monoisotopic (exact) mass is 322 g/mol. The highest BCUT2D eigenvalue weighted by atomic mass is 16.2. The minimum Gasteiger partial charge on any atom is -0.326 e. The number of rotatable bonds is 3. The maximum Gasteiger partial charge on any atom is 0.258 e. The molecule has 1 aliphatic heterocycles. The molecule has 2 aromatic rings. The maximum atomic E-state index is 13.0. The predicted octanol–water partition coefficient (Wildman–Crippen LogP) is 4.05. The van der Waals surface area contributed by atoms with Crippen LogP contribution in [0.3, 0.4) is 0 Å². The molecule has 0 spiro atoms. The Balaban J connectivity index is 1.92. The minimum absolute atomic E-state index is 0.0298. The van der Waals surface area contributed by atoms with Gasteiger partial charge in [0.15, 0.2) is 0 Å². The molecule has 0 bridgehead atoms. The van der Waals surface area contributed by atoms with Gasteiger partial charge in [-0.15, -0.1) is 0 Å². The minimum atomic E-state index is -0.147. The van der Waals surface area contributed by atoms with Crippen molar-refractivity contribution >= 4 is 23.2 Å². The van der Waals surface area contributed by atoms with Gasteiger partial charge in [0, 0.05) is 36.3 Å². The van der Waals surface area contributed by atoms with Gasteiger partial charge in [-0.1, -0.05) is 38.1 Å². The first-order valence-corrected chi connectivity index (χ1v) is 8.26. The summed E-state index contributed by atoms with van der Waals surface area (Å²) in [5, 5.41) is 2.73. The Bertz CT molecular complexity index is 783. The number of hydrogen-bond acceptors (Lipinski definition) is 2. The van der Waals surface area contributed by atoms with Crippen LogP contribution in [-0.2, 0) is 4.79 Å². The average Bonchev–Trinajstić information content (AvgIpc) is 2.93. The Kier molecular flexibility index (Phi) is 4.38. The van der Waals surface area contributed by atoms with Crippen molar-refractivity contribution in [3.05, 3.63) is 59.7 Å². The van der Waals surface area contributed by atoms with E-state index in [1.807, 2.05) is 23.1 Å². The fourth-order valence-corrected chi connectivity index (χ4v) is 3.29. The van der Waals surface area contributed by atoms with Crippen molar-refractivity contribution in [2.45, 2.75) is 26.7 Å². The number of amides is 2. The third-order valence-electron chi connectivity index (χ3n) is 4.49. The number of carbonyl (C=O) groups excluding carboxylic acids is 2. The quantitative estimate of drug-likeness (QED) is 0.927. The van der Waals surface area contributed by atoms with Crippen LogP contribution in [0, 0.1) is 5.92 Å². The topological polar surface area (TPSA) is 49.4 Å². The summed E-state index contributed by atoms with van der Waals surface area (Å²) in [5.41, 5.74) is 3.45. The summed E-state index contributed by atoms with van der Waals surface area (Å²) in [5.74, 6) is 0.641. The van der Waals surface area contributed by atoms with Gasteiger partial charge in [-0.05, 0) is 35.7 Å². The number of anilines is 2. The fraction of sp³-hybridized carbons (Fsp3) is 0.300. The Morgan fingerprint density at radius 3 is 2.58 bits per heavy atom. The van der Waals surface area contributed by atoms with Gasteiger partial charge in [-0.3, -0.25) is 9.59 Å². The van der Waals surface area contributed by atoms with Crippen LogP contribution < -0.4 is 10.2 Å². The van der Waals surface area contributed by atoms with E-state index in [0.29, 0.717) is 29.6 Å². The van der Waals surface area contributed by atoms with Gasteiger partial charge in [0.05, 0.1) is 0 Å². The molecule has 0 saturated heterocycles. The molecule has 1 heterocycles. The lowest BCUT2D eigenvalue weighted by atomic mass is 9.90. The zero-order valence-electron chi connectivity index (χ0n) is 14.2. The van der Waals surface area contributed by atoms with Gasteiger partial charge < -0.3 is 10.2 Å². The molecule has 0 aromatic heterocycles. The van der Waals surface area contributed by atoms with Crippen LogP contribution in [0.4, 0.5) is 11.4 Å². The Labute approximate surface area is 142 Å². The van der Waals surface area contributed by atoms with Gasteiger partial charge in [0.2, 0.25) is 5.91 Å². The fourth-order valence-electron chi connectivity index (χ4n) is 3.29. The van der Waals surface area contributed by atoms with E-state index in [2.05, 4.69) is 25.2 Å². The second-order valence-corrected chi connectivity index (χ2v) is 6.59. The first-order chi connectivity index (χ1) is 11.5. The van der Waals surface area contributed by atoms with Crippen molar-refractivity contribution in [1.82, 2.24) is 0 Å². The molecule has 2 aromatic carbocycles. The number of nitrogens with zero attached hydrogens (tertiary/aromatic N) is 1. The second kappa shape index (κ2) is 6.48. The van der Waals surface area contributed by atoms with Gasteiger partial charge in [-0.25, -0.2) is 0 Å². The van der Waals surface area contributed by atoms with E-state index < -0.39 is 0 Å². The number of hydrogen-bond donors (Lipinski definition) is 1. The van der Waals surface area contributed by atoms with E-state index in [9.17, 15) is 9.59 Å². The van der Waals surface area contributed by atoms with Crippen LogP contribution in [0.2, 0.25) is 0 Å². The van der Waals surface area contributed by atoms with E-state index in [4.69, 9.17) is 0 Å². The lowest BCUT2D eigenvalue weighted by Gasteiger charge is -2.19. The van der Waals surface area contributed by atoms with Crippen molar-refractivity contribution in [3.63, 3.8) is 0 Å². The summed E-state index contributed by atoms with van der Waals surface area (Å²) in [6, 6.07) is 15.2. The summed E-state index contributed by atoms with van der Waals surface area (Å²) in [6.07, 6.45) is 0. The van der Waals surface area contributed by atoms with Crippen molar-refractivity contribution < 1.29 is 9.59 Å². The van der Waals surface area contributed by atoms with Crippen molar-refractivity contribution in [3.8, 4) is 0 Å². The highest BCUT2D eigenvalue weighted by Crippen LogP contribution is 2.40. The number of para-hydroxylation sites is 1. The molecular formula is C20H22N2O2. The van der Waals surface area contributed by atoms with E-state index in [1.54, 1.807) is 24.3 Å². The first-order valence-electron chi connectivity index (χ1n) is 8.26. The molecule has 24 heavy (non-hydrogen) atoms. The number of nitrogens with one attached hydrogen (secondary N) is 1. The van der Waals surface area contributed by atoms with Crippen LogP contribution in [0.5, 0.6) is 0 Å². The van der Waals surface area contributed by atoms with Gasteiger partial charge in [0.1, 0.15) is 0 Å². The molecule has 4 nitrogen and oxygen atoms in total. The van der Waals surface area contributed by atoms with Crippen LogP contribution >= 0.6 is 0 Å². The smallest absolute Gasteiger partial charge is 0.258 e. The van der Waals surface area contributed by atoms with Crippen molar-refractivity contribution in [1.29, 1.82) is 0 Å². The normalized spacial score (nSPS) is 16.2. The molecule has 0 radical (unpaired) electrons. The highest BCUT2D eigenvalue weighted by Gasteiger charge is 2.34. The van der Waals surface area contributed by atoms with Crippen LogP contribution in [0.1, 0.15) is 42.6 Å². The SMILES string of the molecule is CC(=O)Nc1cccc(C(=O)N2CC(C(C)C)c3ccccc32)c1. The molecule has 0 saturated carbocycles. The zero-order chi connectivity index (χ0) is 17.3. The molecule has 1 N–H and O–H groups in total. The van der Waals surface area contributed by atoms with E-state index in [1.165, 1.54) is 12.5 Å². The predicted molar refractivity (Wildman–Crippen MR) is 96.4 cm³/mol. The number of carbonyl (C=O) groups is 2. The summed E-state index contributed by atoms with van der Waals surface area (Å²) >= 11 is 0. The van der Waals surface area contributed by atoms with Crippen LogP contribution in [-0.4, -0.2) is 18.4 Å². The first kappa shape index (κ1) is 16.2. The molecule has 0 fully saturated rings. The van der Waals surface area contributed by atoms with E-state index in [0.717, 1.165) is 5.69 Å². The van der Waals surface area contributed by atoms with Gasteiger partial charge in [-0.2, -0.15) is 0 Å². The molecule has 2 amide bonds. The maximum absolute atomic E-state index is 13.0. The summed E-state index contributed by atoms with van der Waals surface area (Å²) in [6.45, 7) is 6.53. The summed E-state index contributed by atoms with van der Waals surface area (Å²) in [7, 11) is 0. The standard InChI is InChI=1S/C20H22N2O2/c1-13(2)18-12-22(19-10-5-4-9-17(18)19)20(24)15-7-6-8-16(11-15)21-14(3)23/h4-11,13,18H,12H2,1-3H3,(H,21,23). The molecule has 4 heteroatoms. The largest absolute Gasteiger partial charge is 0.326 e. The molecular weight excluding hydrogens is 300 g/mol. The Hall–Kier alpha value is -2.62. The highest BCUT2D eigenvalue weighted by molar-refractivity contribution is 6.08. The lowest BCUT2D eigenvalue weighted by Crippen LogP contribution is -2.30. The average molecular weight is 322 g/mol. The number of fused-ring (bicyclic) bond motifs is 1. The molecule has 1 atom stereocenters. The summed E-state index contributed by atoms with van der Waals surface area (Å²) in [4.78, 5) is 26.1. The summed E-state index contributed by atoms with van der Waals surface area (Å²) < 4.78 is 0. The second-order valence-electron chi connectivity index (χ2n) is 6.59. The van der Waals surface area contributed by atoms with E-state index >= 15 is 0 Å². The van der Waals surface area contributed by atoms with Crippen molar-refractivity contribution in [2.24, 2.45) is 5.92 Å².